The van der Waals surface area contributed by atoms with E-state index in [2.05, 4.69) is 10.6 Å². The van der Waals surface area contributed by atoms with E-state index in [1.165, 1.54) is 6.07 Å². The Balaban J connectivity index is 2.15. The van der Waals surface area contributed by atoms with Gasteiger partial charge in [0.25, 0.3) is 0 Å². The van der Waals surface area contributed by atoms with Crippen molar-refractivity contribution in [2.75, 3.05) is 25.6 Å². The maximum absolute atomic E-state index is 14.0. The summed E-state index contributed by atoms with van der Waals surface area (Å²) in [6.45, 7) is 1.76. The molecule has 7 heteroatoms. The Kier molecular flexibility index (Phi) is 7.06. The van der Waals surface area contributed by atoms with Gasteiger partial charge in [0.05, 0.1) is 6.61 Å². The van der Waals surface area contributed by atoms with Gasteiger partial charge in [0.2, 0.25) is 0 Å². The van der Waals surface area contributed by atoms with E-state index in [0.717, 1.165) is 23.6 Å². The number of carbonyl (C=O) groups excluding carboxylic acids is 1. The van der Waals surface area contributed by atoms with Crippen LogP contribution in [-0.2, 0) is 6.54 Å². The molecule has 0 saturated carbocycles. The SMILES string of the molecule is CNc1cc(C=O)ccc1C(C)NCc1cc(OCCO)cc(F)c1F. The zero-order valence-electron chi connectivity index (χ0n) is 14.7. The average molecular weight is 364 g/mol. The molecule has 26 heavy (non-hydrogen) atoms. The molecule has 2 aromatic rings. The molecule has 0 spiro atoms. The van der Waals surface area contributed by atoms with E-state index in [4.69, 9.17) is 9.84 Å². The molecule has 3 N–H and O–H groups in total. The van der Waals surface area contributed by atoms with Crippen LogP contribution in [0.1, 0.15) is 34.5 Å². The maximum Gasteiger partial charge on any atom is 0.163 e. The topological polar surface area (TPSA) is 70.6 Å². The number of nitrogens with one attached hydrogen (secondary N) is 2. The quantitative estimate of drug-likeness (QED) is 0.597. The zero-order chi connectivity index (χ0) is 19.1. The molecule has 0 aliphatic heterocycles. The maximum atomic E-state index is 14.0. The molecule has 0 aliphatic rings. The van der Waals surface area contributed by atoms with Gasteiger partial charge in [0.15, 0.2) is 11.6 Å². The number of carbonyl (C=O) groups is 1. The van der Waals surface area contributed by atoms with E-state index in [0.29, 0.717) is 5.56 Å². The monoisotopic (exact) mass is 364 g/mol. The minimum Gasteiger partial charge on any atom is -0.491 e. The number of benzene rings is 2. The highest BCUT2D eigenvalue weighted by atomic mass is 19.2. The fourth-order valence-electron chi connectivity index (χ4n) is 2.61. The molecular formula is C19H22F2N2O3. The summed E-state index contributed by atoms with van der Waals surface area (Å²) in [4.78, 5) is 10.9. The molecule has 0 aliphatic carbocycles. The van der Waals surface area contributed by atoms with Gasteiger partial charge in [-0.25, -0.2) is 8.78 Å². The predicted octanol–water partition coefficient (Wildman–Crippen LogP) is 3.04. The van der Waals surface area contributed by atoms with Gasteiger partial charge < -0.3 is 20.5 Å². The highest BCUT2D eigenvalue weighted by molar-refractivity contribution is 5.78. The van der Waals surface area contributed by atoms with Crippen molar-refractivity contribution in [1.29, 1.82) is 0 Å². The third kappa shape index (κ3) is 4.77. The lowest BCUT2D eigenvalue weighted by atomic mass is 10.0. The van der Waals surface area contributed by atoms with Crippen LogP contribution in [0, 0.1) is 11.6 Å². The Hall–Kier alpha value is -2.51. The van der Waals surface area contributed by atoms with Gasteiger partial charge in [-0.15, -0.1) is 0 Å². The summed E-state index contributed by atoms with van der Waals surface area (Å²) in [5.41, 5.74) is 2.35. The Morgan fingerprint density at radius 2 is 2.04 bits per heavy atom. The first-order valence-electron chi connectivity index (χ1n) is 8.22. The average Bonchev–Trinajstić information content (AvgIpc) is 2.66. The van der Waals surface area contributed by atoms with Crippen molar-refractivity contribution < 1.29 is 23.4 Å². The van der Waals surface area contributed by atoms with Crippen molar-refractivity contribution in [3.8, 4) is 5.75 Å². The second-order valence-corrected chi connectivity index (χ2v) is 5.77. The van der Waals surface area contributed by atoms with E-state index in [1.807, 2.05) is 13.0 Å². The molecule has 2 rings (SSSR count). The molecular weight excluding hydrogens is 342 g/mol. The standard InChI is InChI=1S/C19H22F2N2O3/c1-12(16-4-3-13(11-25)7-18(16)22-2)23-10-14-8-15(26-6-5-24)9-17(20)19(14)21/h3-4,7-9,11-12,22-24H,5-6,10H2,1-2H3. The van der Waals surface area contributed by atoms with Crippen molar-refractivity contribution in [2.45, 2.75) is 19.5 Å². The van der Waals surface area contributed by atoms with Gasteiger partial charge in [0, 0.05) is 42.5 Å². The van der Waals surface area contributed by atoms with E-state index >= 15 is 0 Å². The summed E-state index contributed by atoms with van der Waals surface area (Å²) < 4.78 is 32.9. The van der Waals surface area contributed by atoms with Crippen LogP contribution in [0.25, 0.3) is 0 Å². The van der Waals surface area contributed by atoms with Gasteiger partial charge in [0.1, 0.15) is 18.6 Å². The predicted molar refractivity (Wildman–Crippen MR) is 95.6 cm³/mol. The molecule has 2 aromatic carbocycles. The number of halogens is 2. The third-order valence-electron chi connectivity index (χ3n) is 3.99. The minimum absolute atomic E-state index is 0.00293. The Bertz CT molecular complexity index is 769. The molecule has 0 amide bonds. The van der Waals surface area contributed by atoms with Crippen LogP contribution in [0.2, 0.25) is 0 Å². The highest BCUT2D eigenvalue weighted by Crippen LogP contribution is 2.25. The molecule has 140 valence electrons. The molecule has 0 bridgehead atoms. The van der Waals surface area contributed by atoms with Gasteiger partial charge in [-0.05, 0) is 24.6 Å². The zero-order valence-corrected chi connectivity index (χ0v) is 14.7. The van der Waals surface area contributed by atoms with Gasteiger partial charge in [-0.1, -0.05) is 12.1 Å². The number of hydrogen-bond donors (Lipinski definition) is 3. The number of rotatable bonds is 9. The van der Waals surface area contributed by atoms with Crippen molar-refractivity contribution in [3.63, 3.8) is 0 Å². The third-order valence-corrected chi connectivity index (χ3v) is 3.99. The number of anilines is 1. The van der Waals surface area contributed by atoms with Crippen molar-refractivity contribution >= 4 is 12.0 Å². The molecule has 1 atom stereocenters. The Morgan fingerprint density at radius 1 is 1.27 bits per heavy atom. The van der Waals surface area contributed by atoms with E-state index in [9.17, 15) is 13.6 Å². The smallest absolute Gasteiger partial charge is 0.163 e. The molecule has 0 fully saturated rings. The lowest BCUT2D eigenvalue weighted by Gasteiger charge is -2.19. The number of hydrogen-bond acceptors (Lipinski definition) is 5. The molecule has 0 aromatic heterocycles. The lowest BCUT2D eigenvalue weighted by molar-refractivity contribution is 0.112. The van der Waals surface area contributed by atoms with E-state index < -0.39 is 11.6 Å². The number of ether oxygens (including phenoxy) is 1. The summed E-state index contributed by atoms with van der Waals surface area (Å²) in [6.07, 6.45) is 0.763. The molecule has 0 heterocycles. The van der Waals surface area contributed by atoms with Crippen LogP contribution < -0.4 is 15.4 Å². The fraction of sp³-hybridized carbons (Fsp3) is 0.316. The first-order chi connectivity index (χ1) is 12.5. The second-order valence-electron chi connectivity index (χ2n) is 5.77. The van der Waals surface area contributed by atoms with Gasteiger partial charge in [-0.2, -0.15) is 0 Å². The summed E-state index contributed by atoms with van der Waals surface area (Å²) >= 11 is 0. The van der Waals surface area contributed by atoms with Crippen LogP contribution in [0.5, 0.6) is 5.75 Å². The van der Waals surface area contributed by atoms with Crippen LogP contribution >= 0.6 is 0 Å². The summed E-state index contributed by atoms with van der Waals surface area (Å²) in [7, 11) is 1.75. The number of aldehydes is 1. The number of aliphatic hydroxyl groups excluding tert-OH is 1. The first kappa shape index (κ1) is 19.8. The van der Waals surface area contributed by atoms with Crippen molar-refractivity contribution in [2.24, 2.45) is 0 Å². The van der Waals surface area contributed by atoms with E-state index in [1.54, 1.807) is 19.2 Å². The van der Waals surface area contributed by atoms with Crippen LogP contribution in [0.3, 0.4) is 0 Å². The fourth-order valence-corrected chi connectivity index (χ4v) is 2.61. The second kappa shape index (κ2) is 9.26. The molecule has 0 radical (unpaired) electrons. The molecule has 0 saturated heterocycles. The van der Waals surface area contributed by atoms with Crippen molar-refractivity contribution in [3.05, 3.63) is 58.7 Å². The van der Waals surface area contributed by atoms with Crippen LogP contribution in [-0.4, -0.2) is 31.7 Å². The normalized spacial score (nSPS) is 11.9. The summed E-state index contributed by atoms with van der Waals surface area (Å²) in [5, 5.41) is 14.9. The summed E-state index contributed by atoms with van der Waals surface area (Å²) in [6, 6.07) is 7.42. The Labute approximate surface area is 151 Å². The number of aliphatic hydroxyl groups is 1. The highest BCUT2D eigenvalue weighted by Gasteiger charge is 2.15. The largest absolute Gasteiger partial charge is 0.491 e. The minimum atomic E-state index is -1.00. The van der Waals surface area contributed by atoms with Crippen molar-refractivity contribution in [1.82, 2.24) is 5.32 Å². The van der Waals surface area contributed by atoms with Gasteiger partial charge >= 0.3 is 0 Å². The van der Waals surface area contributed by atoms with Crippen LogP contribution in [0.4, 0.5) is 14.5 Å². The molecule has 1 unspecified atom stereocenters. The van der Waals surface area contributed by atoms with E-state index in [-0.39, 0.29) is 37.1 Å². The summed E-state index contributed by atoms with van der Waals surface area (Å²) in [5.74, 6) is -1.78. The molecule has 5 nitrogen and oxygen atoms in total. The van der Waals surface area contributed by atoms with Gasteiger partial charge in [-0.3, -0.25) is 4.79 Å². The van der Waals surface area contributed by atoms with Crippen LogP contribution in [0.15, 0.2) is 30.3 Å². The lowest BCUT2D eigenvalue weighted by Crippen LogP contribution is -2.20. The first-order valence-corrected chi connectivity index (χ1v) is 8.22. The Morgan fingerprint density at radius 3 is 2.69 bits per heavy atom.